The van der Waals surface area contributed by atoms with Crippen LogP contribution in [0.25, 0.3) is 0 Å². The highest BCUT2D eigenvalue weighted by Gasteiger charge is 2.12. The second-order valence-electron chi connectivity index (χ2n) is 6.24. The maximum atomic E-state index is 4.56. The van der Waals surface area contributed by atoms with Gasteiger partial charge in [0.05, 0.1) is 5.69 Å². The van der Waals surface area contributed by atoms with Crippen LogP contribution >= 0.6 is 0 Å². The SMILES string of the molecule is CC(C)(C)NCc1ccc(CN2CCCC2)nc1. The summed E-state index contributed by atoms with van der Waals surface area (Å²) in [6.07, 6.45) is 4.69. The van der Waals surface area contributed by atoms with Gasteiger partial charge in [-0.15, -0.1) is 0 Å². The van der Waals surface area contributed by atoms with E-state index in [1.54, 1.807) is 0 Å². The minimum atomic E-state index is 0.161. The molecule has 0 atom stereocenters. The molecule has 2 rings (SSSR count). The Morgan fingerprint density at radius 1 is 1.22 bits per heavy atom. The van der Waals surface area contributed by atoms with Crippen LogP contribution in [0.3, 0.4) is 0 Å². The van der Waals surface area contributed by atoms with Crippen LogP contribution in [0.5, 0.6) is 0 Å². The standard InChI is InChI=1S/C15H25N3/c1-15(2,3)17-11-13-6-7-14(16-10-13)12-18-8-4-5-9-18/h6-7,10,17H,4-5,8-9,11-12H2,1-3H3. The third-order valence-corrected chi connectivity index (χ3v) is 3.29. The third-order valence-electron chi connectivity index (χ3n) is 3.29. The molecule has 3 nitrogen and oxygen atoms in total. The second kappa shape index (κ2) is 5.81. The Morgan fingerprint density at radius 2 is 1.94 bits per heavy atom. The molecule has 0 amide bonds. The van der Waals surface area contributed by atoms with Crippen molar-refractivity contribution < 1.29 is 0 Å². The minimum absolute atomic E-state index is 0.161. The molecule has 1 aromatic heterocycles. The summed E-state index contributed by atoms with van der Waals surface area (Å²) in [6, 6.07) is 4.36. The number of hydrogen-bond acceptors (Lipinski definition) is 3. The van der Waals surface area contributed by atoms with Gasteiger partial charge in [-0.3, -0.25) is 9.88 Å². The summed E-state index contributed by atoms with van der Waals surface area (Å²) >= 11 is 0. The van der Waals surface area contributed by atoms with Crippen LogP contribution in [0.2, 0.25) is 0 Å². The average Bonchev–Trinajstić information content (AvgIpc) is 2.80. The first kappa shape index (κ1) is 13.5. The van der Waals surface area contributed by atoms with Crippen molar-refractivity contribution >= 4 is 0 Å². The Bertz CT molecular complexity index is 358. The van der Waals surface area contributed by atoms with Gasteiger partial charge in [-0.25, -0.2) is 0 Å². The predicted molar refractivity (Wildman–Crippen MR) is 75.3 cm³/mol. The van der Waals surface area contributed by atoms with E-state index in [0.717, 1.165) is 13.1 Å². The van der Waals surface area contributed by atoms with Gasteiger partial charge in [0.2, 0.25) is 0 Å². The lowest BCUT2D eigenvalue weighted by atomic mass is 10.1. The first-order chi connectivity index (χ1) is 8.53. The molecule has 0 bridgehead atoms. The van der Waals surface area contributed by atoms with Gasteiger partial charge in [0.25, 0.3) is 0 Å². The van der Waals surface area contributed by atoms with E-state index in [2.05, 4.69) is 48.1 Å². The van der Waals surface area contributed by atoms with Crippen molar-refractivity contribution in [3.63, 3.8) is 0 Å². The maximum absolute atomic E-state index is 4.56. The third kappa shape index (κ3) is 4.39. The zero-order valence-corrected chi connectivity index (χ0v) is 11.9. The summed E-state index contributed by atoms with van der Waals surface area (Å²) in [4.78, 5) is 7.04. The van der Waals surface area contributed by atoms with Gasteiger partial charge in [0.1, 0.15) is 0 Å². The van der Waals surface area contributed by atoms with Crippen molar-refractivity contribution in [1.29, 1.82) is 0 Å². The molecule has 100 valence electrons. The number of aromatic nitrogens is 1. The van der Waals surface area contributed by atoms with Crippen LogP contribution in [-0.4, -0.2) is 28.5 Å². The quantitative estimate of drug-likeness (QED) is 0.886. The molecule has 0 spiro atoms. The Balaban J connectivity index is 1.85. The van der Waals surface area contributed by atoms with E-state index in [1.807, 2.05) is 6.20 Å². The Labute approximate surface area is 111 Å². The van der Waals surface area contributed by atoms with E-state index in [1.165, 1.54) is 37.2 Å². The summed E-state index contributed by atoms with van der Waals surface area (Å²) in [5.74, 6) is 0. The van der Waals surface area contributed by atoms with Gasteiger partial charge in [-0.2, -0.15) is 0 Å². The van der Waals surface area contributed by atoms with Crippen molar-refractivity contribution in [1.82, 2.24) is 15.2 Å². The van der Waals surface area contributed by atoms with Crippen LogP contribution < -0.4 is 5.32 Å². The molecule has 18 heavy (non-hydrogen) atoms. The molecule has 1 fully saturated rings. The molecule has 2 heterocycles. The van der Waals surface area contributed by atoms with E-state index in [-0.39, 0.29) is 5.54 Å². The van der Waals surface area contributed by atoms with Gasteiger partial charge in [-0.1, -0.05) is 6.07 Å². The summed E-state index contributed by atoms with van der Waals surface area (Å²) in [5, 5.41) is 3.48. The van der Waals surface area contributed by atoms with Crippen molar-refractivity contribution in [2.45, 2.75) is 52.2 Å². The molecule has 3 heteroatoms. The second-order valence-corrected chi connectivity index (χ2v) is 6.24. The number of nitrogens with zero attached hydrogens (tertiary/aromatic N) is 2. The Kier molecular flexibility index (Phi) is 4.36. The predicted octanol–water partition coefficient (Wildman–Crippen LogP) is 2.57. The largest absolute Gasteiger partial charge is 0.308 e. The van der Waals surface area contributed by atoms with E-state index in [0.29, 0.717) is 0 Å². The van der Waals surface area contributed by atoms with Crippen molar-refractivity contribution in [2.75, 3.05) is 13.1 Å². The van der Waals surface area contributed by atoms with Crippen LogP contribution in [0.1, 0.15) is 44.9 Å². The fourth-order valence-electron chi connectivity index (χ4n) is 2.19. The Morgan fingerprint density at radius 3 is 2.50 bits per heavy atom. The molecule has 0 unspecified atom stereocenters. The monoisotopic (exact) mass is 247 g/mol. The summed E-state index contributed by atoms with van der Waals surface area (Å²) in [5.41, 5.74) is 2.61. The number of pyridine rings is 1. The first-order valence-corrected chi connectivity index (χ1v) is 6.94. The molecule has 1 saturated heterocycles. The number of rotatable bonds is 4. The molecule has 0 aromatic carbocycles. The summed E-state index contributed by atoms with van der Waals surface area (Å²) in [7, 11) is 0. The van der Waals surface area contributed by atoms with Crippen LogP contribution in [0, 0.1) is 0 Å². The average molecular weight is 247 g/mol. The fraction of sp³-hybridized carbons (Fsp3) is 0.667. The lowest BCUT2D eigenvalue weighted by molar-refractivity contribution is 0.327. The zero-order valence-electron chi connectivity index (χ0n) is 11.9. The van der Waals surface area contributed by atoms with Crippen molar-refractivity contribution in [3.05, 3.63) is 29.6 Å². The Hall–Kier alpha value is -0.930. The number of likely N-dealkylation sites (tertiary alicyclic amines) is 1. The topological polar surface area (TPSA) is 28.2 Å². The lowest BCUT2D eigenvalue weighted by Gasteiger charge is -2.20. The van der Waals surface area contributed by atoms with E-state index < -0.39 is 0 Å². The van der Waals surface area contributed by atoms with Gasteiger partial charge in [0, 0.05) is 24.8 Å². The first-order valence-electron chi connectivity index (χ1n) is 6.94. The fourth-order valence-corrected chi connectivity index (χ4v) is 2.19. The molecule has 1 aromatic rings. The number of nitrogens with one attached hydrogen (secondary N) is 1. The van der Waals surface area contributed by atoms with E-state index >= 15 is 0 Å². The maximum Gasteiger partial charge on any atom is 0.0544 e. The molecule has 0 radical (unpaired) electrons. The smallest absolute Gasteiger partial charge is 0.0544 e. The van der Waals surface area contributed by atoms with E-state index in [9.17, 15) is 0 Å². The van der Waals surface area contributed by atoms with Gasteiger partial charge >= 0.3 is 0 Å². The van der Waals surface area contributed by atoms with Gasteiger partial charge in [0.15, 0.2) is 0 Å². The van der Waals surface area contributed by atoms with Crippen molar-refractivity contribution in [2.24, 2.45) is 0 Å². The molecule has 1 N–H and O–H groups in total. The molecule has 0 saturated carbocycles. The minimum Gasteiger partial charge on any atom is -0.308 e. The molecule has 0 aliphatic carbocycles. The normalized spacial score (nSPS) is 17.3. The van der Waals surface area contributed by atoms with Crippen LogP contribution in [-0.2, 0) is 13.1 Å². The molecule has 1 aliphatic rings. The van der Waals surface area contributed by atoms with E-state index in [4.69, 9.17) is 0 Å². The highest BCUT2D eigenvalue weighted by molar-refractivity contribution is 5.14. The van der Waals surface area contributed by atoms with Crippen molar-refractivity contribution in [3.8, 4) is 0 Å². The van der Waals surface area contributed by atoms with Gasteiger partial charge in [-0.05, 0) is 58.3 Å². The summed E-state index contributed by atoms with van der Waals surface area (Å²) in [6.45, 7) is 10.9. The zero-order chi connectivity index (χ0) is 13.0. The van der Waals surface area contributed by atoms with Crippen LogP contribution in [0.15, 0.2) is 18.3 Å². The molecule has 1 aliphatic heterocycles. The van der Waals surface area contributed by atoms with Gasteiger partial charge < -0.3 is 5.32 Å². The lowest BCUT2D eigenvalue weighted by Crippen LogP contribution is -2.35. The summed E-state index contributed by atoms with van der Waals surface area (Å²) < 4.78 is 0. The highest BCUT2D eigenvalue weighted by atomic mass is 15.1. The number of hydrogen-bond donors (Lipinski definition) is 1. The molecular weight excluding hydrogens is 222 g/mol. The molecular formula is C15H25N3. The highest BCUT2D eigenvalue weighted by Crippen LogP contribution is 2.11. The van der Waals surface area contributed by atoms with Crippen LogP contribution in [0.4, 0.5) is 0 Å².